The molecule has 23 heavy (non-hydrogen) atoms. The number of hydrogen-bond donors (Lipinski definition) is 1. The number of Topliss-reactive ketones (excluding diaryl/α,β-unsaturated/α-hetero) is 1. The first-order valence-electron chi connectivity index (χ1n) is 6.82. The van der Waals surface area contributed by atoms with E-state index in [0.29, 0.717) is 0 Å². The summed E-state index contributed by atoms with van der Waals surface area (Å²) in [4.78, 5) is 35.6. The average molecular weight is 321 g/mol. The monoisotopic (exact) mass is 321 g/mol. The molecule has 0 fully saturated rings. The molecule has 2 amide bonds. The molecular weight excluding hydrogens is 302 g/mol. The van der Waals surface area contributed by atoms with Crippen LogP contribution in [0.1, 0.15) is 39.7 Å². The van der Waals surface area contributed by atoms with Gasteiger partial charge in [0.15, 0.2) is 0 Å². The maximum atomic E-state index is 12.0. The number of nitriles is 1. The van der Waals surface area contributed by atoms with Crippen LogP contribution in [0, 0.1) is 11.3 Å². The van der Waals surface area contributed by atoms with Crippen LogP contribution in [0.15, 0.2) is 10.7 Å². The maximum absolute atomic E-state index is 12.0. The molecule has 124 valence electrons. The predicted molar refractivity (Wildman–Crippen MR) is 82.0 cm³/mol. The maximum Gasteiger partial charge on any atom is 0.414 e. The van der Waals surface area contributed by atoms with E-state index in [1.165, 1.54) is 14.0 Å². The van der Waals surface area contributed by atoms with E-state index in [1.807, 2.05) is 6.07 Å². The quantitative estimate of drug-likeness (QED) is 0.852. The molecule has 0 unspecified atom stereocenters. The van der Waals surface area contributed by atoms with Gasteiger partial charge < -0.3 is 9.15 Å². The van der Waals surface area contributed by atoms with Crippen LogP contribution in [0.4, 0.5) is 16.4 Å². The summed E-state index contributed by atoms with van der Waals surface area (Å²) in [6, 6.07) is 1.86. The lowest BCUT2D eigenvalue weighted by atomic mass is 10.2. The van der Waals surface area contributed by atoms with Crippen molar-refractivity contribution in [2.75, 3.05) is 17.3 Å². The lowest BCUT2D eigenvalue weighted by molar-refractivity contribution is -0.124. The van der Waals surface area contributed by atoms with Crippen LogP contribution in [-0.4, -0.2) is 30.4 Å². The van der Waals surface area contributed by atoms with Gasteiger partial charge in [0, 0.05) is 7.05 Å². The number of hydrogen-bond acceptors (Lipinski definition) is 6. The van der Waals surface area contributed by atoms with E-state index in [0.717, 1.165) is 11.2 Å². The molecule has 0 spiro atoms. The molecule has 0 aromatic carbocycles. The molecule has 8 heteroatoms. The molecule has 0 radical (unpaired) electrons. The smallest absolute Gasteiger partial charge is 0.414 e. The van der Waals surface area contributed by atoms with Crippen molar-refractivity contribution in [2.24, 2.45) is 0 Å². The molecule has 0 aliphatic heterocycles. The molecule has 0 saturated carbocycles. The molecule has 1 aromatic heterocycles. The fourth-order valence-electron chi connectivity index (χ4n) is 1.62. The Labute approximate surface area is 134 Å². The fourth-order valence-corrected chi connectivity index (χ4v) is 1.62. The highest BCUT2D eigenvalue weighted by molar-refractivity contribution is 6.04. The van der Waals surface area contributed by atoms with E-state index in [4.69, 9.17) is 9.15 Å². The van der Waals surface area contributed by atoms with Gasteiger partial charge in [-0.3, -0.25) is 19.8 Å². The Morgan fingerprint density at radius 3 is 2.48 bits per heavy atom. The lowest BCUT2D eigenvalue weighted by Gasteiger charge is -2.23. The average Bonchev–Trinajstić information content (AvgIpc) is 2.77. The number of nitrogens with zero attached hydrogens (tertiary/aromatic N) is 2. The number of amides is 2. The second-order valence-corrected chi connectivity index (χ2v) is 5.90. The number of anilines is 2. The Morgan fingerprint density at radius 2 is 2.00 bits per heavy atom. The number of furan rings is 1. The van der Waals surface area contributed by atoms with Crippen molar-refractivity contribution < 1.29 is 23.5 Å². The van der Waals surface area contributed by atoms with Gasteiger partial charge in [-0.2, -0.15) is 5.26 Å². The third-order valence-corrected chi connectivity index (χ3v) is 2.57. The number of carbonyl (C=O) groups is 3. The van der Waals surface area contributed by atoms with Crippen molar-refractivity contribution in [1.29, 1.82) is 5.26 Å². The molecule has 1 rings (SSSR count). The standard InChI is InChI=1S/C15H19N3O5/c1-9(19)6-12(20)17-13-10(7-16)11(8-22-13)18(5)14(21)23-15(2,3)4/h8H,6H2,1-5H3,(H,17,20). The van der Waals surface area contributed by atoms with E-state index in [2.05, 4.69) is 5.32 Å². The second kappa shape index (κ2) is 6.96. The summed E-state index contributed by atoms with van der Waals surface area (Å²) in [5.41, 5.74) is -0.574. The SMILES string of the molecule is CC(=O)CC(=O)Nc1occ(N(C)C(=O)OC(C)(C)C)c1C#N. The van der Waals surface area contributed by atoms with E-state index < -0.39 is 17.6 Å². The molecule has 8 nitrogen and oxygen atoms in total. The van der Waals surface area contributed by atoms with Crippen molar-refractivity contribution in [1.82, 2.24) is 0 Å². The largest absolute Gasteiger partial charge is 0.445 e. The van der Waals surface area contributed by atoms with Crippen LogP contribution < -0.4 is 10.2 Å². The minimum absolute atomic E-state index is 0.0322. The normalized spacial score (nSPS) is 10.6. The highest BCUT2D eigenvalue weighted by atomic mass is 16.6. The van der Waals surface area contributed by atoms with Gasteiger partial charge in [0.05, 0.1) is 6.42 Å². The zero-order chi connectivity index (χ0) is 17.8. The van der Waals surface area contributed by atoms with Crippen molar-refractivity contribution in [3.05, 3.63) is 11.8 Å². The molecule has 0 bridgehead atoms. The Bertz CT molecular complexity index is 664. The second-order valence-electron chi connectivity index (χ2n) is 5.90. The predicted octanol–water partition coefficient (Wildman–Crippen LogP) is 2.44. The number of carbonyl (C=O) groups excluding carboxylic acids is 3. The van der Waals surface area contributed by atoms with Crippen molar-refractivity contribution >= 4 is 29.4 Å². The van der Waals surface area contributed by atoms with Crippen LogP contribution in [0.5, 0.6) is 0 Å². The summed E-state index contributed by atoms with van der Waals surface area (Å²) < 4.78 is 10.3. The minimum atomic E-state index is -0.694. The third kappa shape index (κ3) is 5.14. The van der Waals surface area contributed by atoms with Gasteiger partial charge in [0.2, 0.25) is 11.8 Å². The van der Waals surface area contributed by atoms with Gasteiger partial charge in [0.25, 0.3) is 0 Å². The highest BCUT2D eigenvalue weighted by Crippen LogP contribution is 2.30. The number of ketones is 1. The molecule has 0 atom stereocenters. The number of rotatable bonds is 4. The lowest BCUT2D eigenvalue weighted by Crippen LogP contribution is -2.34. The molecule has 1 aromatic rings. The first-order chi connectivity index (χ1) is 10.5. The zero-order valence-electron chi connectivity index (χ0n) is 13.7. The van der Waals surface area contributed by atoms with Gasteiger partial charge in [-0.05, 0) is 27.7 Å². The van der Waals surface area contributed by atoms with Crippen LogP contribution in [-0.2, 0) is 14.3 Å². The van der Waals surface area contributed by atoms with Crippen LogP contribution in [0.3, 0.4) is 0 Å². The van der Waals surface area contributed by atoms with Gasteiger partial charge in [0.1, 0.15) is 35.0 Å². The molecular formula is C15H19N3O5. The Balaban J connectivity index is 2.98. The van der Waals surface area contributed by atoms with E-state index in [9.17, 15) is 19.6 Å². The number of ether oxygens (including phenoxy) is 1. The van der Waals surface area contributed by atoms with Crippen LogP contribution in [0.25, 0.3) is 0 Å². The molecule has 0 saturated heterocycles. The van der Waals surface area contributed by atoms with Gasteiger partial charge >= 0.3 is 6.09 Å². The molecule has 0 aliphatic rings. The Hall–Kier alpha value is -2.82. The molecule has 0 aliphatic carbocycles. The fraction of sp³-hybridized carbons (Fsp3) is 0.467. The highest BCUT2D eigenvalue weighted by Gasteiger charge is 2.26. The van der Waals surface area contributed by atoms with Crippen LogP contribution >= 0.6 is 0 Å². The first kappa shape index (κ1) is 18.2. The summed E-state index contributed by atoms with van der Waals surface area (Å²) in [5, 5.41) is 11.6. The number of nitrogens with one attached hydrogen (secondary N) is 1. The Morgan fingerprint density at radius 1 is 1.39 bits per heavy atom. The summed E-state index contributed by atoms with van der Waals surface area (Å²) >= 11 is 0. The van der Waals surface area contributed by atoms with Crippen molar-refractivity contribution in [2.45, 2.75) is 39.7 Å². The van der Waals surface area contributed by atoms with E-state index in [-0.39, 0.29) is 29.3 Å². The third-order valence-electron chi connectivity index (χ3n) is 2.57. The summed E-state index contributed by atoms with van der Waals surface area (Å²) in [7, 11) is 1.42. The first-order valence-corrected chi connectivity index (χ1v) is 6.82. The minimum Gasteiger partial charge on any atom is -0.445 e. The van der Waals surface area contributed by atoms with Crippen molar-refractivity contribution in [3.8, 4) is 6.07 Å². The zero-order valence-corrected chi connectivity index (χ0v) is 13.7. The Kier molecular flexibility index (Phi) is 5.52. The van der Waals surface area contributed by atoms with Gasteiger partial charge in [-0.25, -0.2) is 4.79 Å². The topological polar surface area (TPSA) is 113 Å². The van der Waals surface area contributed by atoms with Crippen LogP contribution in [0.2, 0.25) is 0 Å². The van der Waals surface area contributed by atoms with E-state index in [1.54, 1.807) is 20.8 Å². The van der Waals surface area contributed by atoms with Gasteiger partial charge in [-0.1, -0.05) is 0 Å². The molecule has 1 N–H and O–H groups in total. The molecule has 1 heterocycles. The van der Waals surface area contributed by atoms with E-state index >= 15 is 0 Å². The van der Waals surface area contributed by atoms with Crippen molar-refractivity contribution in [3.63, 3.8) is 0 Å². The summed E-state index contributed by atoms with van der Waals surface area (Å²) in [6.07, 6.45) is 0.158. The summed E-state index contributed by atoms with van der Waals surface area (Å²) in [6.45, 7) is 6.42. The van der Waals surface area contributed by atoms with Gasteiger partial charge in [-0.15, -0.1) is 0 Å². The summed E-state index contributed by atoms with van der Waals surface area (Å²) in [5.74, 6) is -1.04.